The average Bonchev–Trinajstić information content (AvgIpc) is 2.41. The van der Waals surface area contributed by atoms with E-state index in [1.165, 1.54) is 44.9 Å². The van der Waals surface area contributed by atoms with E-state index < -0.39 is 0 Å². The highest BCUT2D eigenvalue weighted by Crippen LogP contribution is 2.24. The maximum atomic E-state index is 12.6. The molecule has 1 saturated carbocycles. The van der Waals surface area contributed by atoms with Gasteiger partial charge in [0.1, 0.15) is 0 Å². The summed E-state index contributed by atoms with van der Waals surface area (Å²) in [6.45, 7) is 5.19. The van der Waals surface area contributed by atoms with E-state index in [-0.39, 0.29) is 6.04 Å². The summed E-state index contributed by atoms with van der Waals surface area (Å²) >= 11 is 0. The number of nitrogens with one attached hydrogen (secondary N) is 1. The number of nitrogens with zero attached hydrogens (tertiary/aromatic N) is 1. The lowest BCUT2D eigenvalue weighted by atomic mass is 9.92. The van der Waals surface area contributed by atoms with E-state index >= 15 is 0 Å². The maximum Gasteiger partial charge on any atom is 0.239 e. The molecule has 104 valence electrons. The van der Waals surface area contributed by atoms with Gasteiger partial charge in [-0.15, -0.1) is 0 Å². The summed E-state index contributed by atoms with van der Waals surface area (Å²) in [4.78, 5) is 14.8. The van der Waals surface area contributed by atoms with Gasteiger partial charge in [-0.25, -0.2) is 0 Å². The number of amides is 1. The van der Waals surface area contributed by atoms with Crippen LogP contribution in [0.1, 0.15) is 65.2 Å². The van der Waals surface area contributed by atoms with Crippen LogP contribution in [0, 0.1) is 0 Å². The zero-order valence-corrected chi connectivity index (χ0v) is 12.0. The number of likely N-dealkylation sites (N-methyl/N-ethyl adjacent to an activating group) is 1. The molecule has 3 nitrogen and oxygen atoms in total. The third kappa shape index (κ3) is 3.25. The van der Waals surface area contributed by atoms with Crippen LogP contribution in [-0.4, -0.2) is 35.5 Å². The van der Waals surface area contributed by atoms with Crippen LogP contribution in [0.25, 0.3) is 0 Å². The lowest BCUT2D eigenvalue weighted by Gasteiger charge is -2.38. The minimum Gasteiger partial charge on any atom is -0.339 e. The van der Waals surface area contributed by atoms with Crippen LogP contribution in [0.2, 0.25) is 0 Å². The van der Waals surface area contributed by atoms with Crippen LogP contribution in [0.15, 0.2) is 0 Å². The molecular formula is C15H28N2O. The van der Waals surface area contributed by atoms with E-state index in [1.54, 1.807) is 0 Å². The van der Waals surface area contributed by atoms with Crippen molar-refractivity contribution in [2.24, 2.45) is 0 Å². The molecule has 0 aromatic rings. The van der Waals surface area contributed by atoms with Crippen molar-refractivity contribution in [3.05, 3.63) is 0 Å². The molecule has 2 aliphatic rings. The summed E-state index contributed by atoms with van der Waals surface area (Å²) in [5.74, 6) is 0.357. The topological polar surface area (TPSA) is 32.3 Å². The van der Waals surface area contributed by atoms with Gasteiger partial charge in [0.25, 0.3) is 0 Å². The number of carbonyl (C=O) groups excluding carboxylic acids is 1. The van der Waals surface area contributed by atoms with Crippen molar-refractivity contribution in [3.8, 4) is 0 Å². The van der Waals surface area contributed by atoms with Gasteiger partial charge in [0.05, 0.1) is 6.04 Å². The number of hydrogen-bond acceptors (Lipinski definition) is 2. The van der Waals surface area contributed by atoms with Crippen LogP contribution in [0.4, 0.5) is 0 Å². The van der Waals surface area contributed by atoms with Crippen molar-refractivity contribution >= 4 is 5.91 Å². The SMILES string of the molecule is CCN(C(=O)C1CCCC(C)N1)C1CCCCC1. The Morgan fingerprint density at radius 3 is 2.44 bits per heavy atom. The van der Waals surface area contributed by atoms with Crippen LogP contribution in [-0.2, 0) is 4.79 Å². The molecule has 1 N–H and O–H groups in total. The number of hydrogen-bond donors (Lipinski definition) is 1. The van der Waals surface area contributed by atoms with Gasteiger partial charge in [0, 0.05) is 18.6 Å². The van der Waals surface area contributed by atoms with E-state index in [0.29, 0.717) is 18.0 Å². The third-order valence-electron chi connectivity index (χ3n) is 4.55. The highest BCUT2D eigenvalue weighted by atomic mass is 16.2. The van der Waals surface area contributed by atoms with E-state index in [2.05, 4.69) is 24.1 Å². The van der Waals surface area contributed by atoms with Gasteiger partial charge in [-0.05, 0) is 46.0 Å². The van der Waals surface area contributed by atoms with Crippen LogP contribution in [0.3, 0.4) is 0 Å². The number of rotatable bonds is 3. The Kier molecular flexibility index (Phi) is 5.04. The standard InChI is InChI=1S/C15H28N2O/c1-3-17(13-9-5-4-6-10-13)15(18)14-11-7-8-12(2)16-14/h12-14,16H,3-11H2,1-2H3. The van der Waals surface area contributed by atoms with Gasteiger partial charge < -0.3 is 10.2 Å². The Hall–Kier alpha value is -0.570. The molecule has 2 unspecified atom stereocenters. The summed E-state index contributed by atoms with van der Waals surface area (Å²) in [5, 5.41) is 3.48. The molecule has 2 rings (SSSR count). The maximum absolute atomic E-state index is 12.6. The van der Waals surface area contributed by atoms with E-state index in [0.717, 1.165) is 13.0 Å². The molecule has 0 bridgehead atoms. The van der Waals surface area contributed by atoms with Crippen molar-refractivity contribution in [2.75, 3.05) is 6.54 Å². The first-order chi connectivity index (χ1) is 8.72. The minimum atomic E-state index is 0.0793. The van der Waals surface area contributed by atoms with Gasteiger partial charge in [-0.1, -0.05) is 19.3 Å². The first kappa shape index (κ1) is 13.9. The Morgan fingerprint density at radius 1 is 1.11 bits per heavy atom. The summed E-state index contributed by atoms with van der Waals surface area (Å²) in [6, 6.07) is 1.09. The predicted octanol–water partition coefficient (Wildman–Crippen LogP) is 2.70. The van der Waals surface area contributed by atoms with Gasteiger partial charge in [-0.3, -0.25) is 4.79 Å². The smallest absolute Gasteiger partial charge is 0.239 e. The molecule has 1 aliphatic carbocycles. The fraction of sp³-hybridized carbons (Fsp3) is 0.933. The Morgan fingerprint density at radius 2 is 1.83 bits per heavy atom. The quantitative estimate of drug-likeness (QED) is 0.837. The lowest BCUT2D eigenvalue weighted by molar-refractivity contribution is -0.137. The van der Waals surface area contributed by atoms with Crippen molar-refractivity contribution in [3.63, 3.8) is 0 Å². The molecule has 1 heterocycles. The Bertz CT molecular complexity index is 274. The van der Waals surface area contributed by atoms with E-state index in [1.807, 2.05) is 0 Å². The molecule has 2 atom stereocenters. The average molecular weight is 252 g/mol. The first-order valence-corrected chi connectivity index (χ1v) is 7.79. The molecular weight excluding hydrogens is 224 g/mol. The summed E-state index contributed by atoms with van der Waals surface area (Å²) < 4.78 is 0. The molecule has 0 spiro atoms. The fourth-order valence-corrected chi connectivity index (χ4v) is 3.52. The molecule has 18 heavy (non-hydrogen) atoms. The predicted molar refractivity (Wildman–Crippen MR) is 74.5 cm³/mol. The van der Waals surface area contributed by atoms with Gasteiger partial charge in [-0.2, -0.15) is 0 Å². The Labute approximate surface area is 111 Å². The highest BCUT2D eigenvalue weighted by Gasteiger charge is 2.31. The van der Waals surface area contributed by atoms with Crippen molar-refractivity contribution in [2.45, 2.75) is 83.3 Å². The third-order valence-corrected chi connectivity index (χ3v) is 4.55. The zero-order chi connectivity index (χ0) is 13.0. The van der Waals surface area contributed by atoms with E-state index in [4.69, 9.17) is 0 Å². The molecule has 1 amide bonds. The second-order valence-electron chi connectivity index (χ2n) is 5.97. The number of piperidine rings is 1. The number of carbonyl (C=O) groups is 1. The normalized spacial score (nSPS) is 30.1. The van der Waals surface area contributed by atoms with Crippen molar-refractivity contribution < 1.29 is 4.79 Å². The second-order valence-corrected chi connectivity index (χ2v) is 5.97. The van der Waals surface area contributed by atoms with Crippen LogP contribution in [0.5, 0.6) is 0 Å². The van der Waals surface area contributed by atoms with Crippen LogP contribution >= 0.6 is 0 Å². The molecule has 2 fully saturated rings. The second kappa shape index (κ2) is 6.55. The fourth-order valence-electron chi connectivity index (χ4n) is 3.52. The summed E-state index contributed by atoms with van der Waals surface area (Å²) in [7, 11) is 0. The summed E-state index contributed by atoms with van der Waals surface area (Å²) in [5.41, 5.74) is 0. The molecule has 3 heteroatoms. The lowest BCUT2D eigenvalue weighted by Crippen LogP contribution is -2.54. The largest absolute Gasteiger partial charge is 0.339 e. The van der Waals surface area contributed by atoms with Crippen LogP contribution < -0.4 is 5.32 Å². The van der Waals surface area contributed by atoms with Crippen molar-refractivity contribution in [1.82, 2.24) is 10.2 Å². The van der Waals surface area contributed by atoms with Gasteiger partial charge >= 0.3 is 0 Å². The summed E-state index contributed by atoms with van der Waals surface area (Å²) in [6.07, 6.45) is 9.77. The molecule has 0 aromatic carbocycles. The minimum absolute atomic E-state index is 0.0793. The molecule has 0 radical (unpaired) electrons. The van der Waals surface area contributed by atoms with Gasteiger partial charge in [0.2, 0.25) is 5.91 Å². The first-order valence-electron chi connectivity index (χ1n) is 7.79. The zero-order valence-electron chi connectivity index (χ0n) is 12.0. The molecule has 0 aromatic heterocycles. The van der Waals surface area contributed by atoms with E-state index in [9.17, 15) is 4.79 Å². The molecule has 1 saturated heterocycles. The van der Waals surface area contributed by atoms with Crippen molar-refractivity contribution in [1.29, 1.82) is 0 Å². The Balaban J connectivity index is 1.95. The monoisotopic (exact) mass is 252 g/mol. The van der Waals surface area contributed by atoms with Gasteiger partial charge in [0.15, 0.2) is 0 Å². The highest BCUT2D eigenvalue weighted by molar-refractivity contribution is 5.82. The molecule has 1 aliphatic heterocycles.